The number of nitrogens with zero attached hydrogens (tertiary/aromatic N) is 2. The molecule has 0 bridgehead atoms. The van der Waals surface area contributed by atoms with Gasteiger partial charge in [-0.2, -0.15) is 0 Å². The van der Waals surface area contributed by atoms with Crippen LogP contribution < -0.4 is 10.2 Å². The summed E-state index contributed by atoms with van der Waals surface area (Å²) in [7, 11) is 1.32. The molecule has 2 aromatic rings. The lowest BCUT2D eigenvalue weighted by Crippen LogP contribution is -2.40. The highest BCUT2D eigenvalue weighted by molar-refractivity contribution is 5.93. The average molecular weight is 428 g/mol. The minimum atomic E-state index is -0.583. The predicted molar refractivity (Wildman–Crippen MR) is 118 cm³/mol. The highest BCUT2D eigenvalue weighted by Gasteiger charge is 2.18. The summed E-state index contributed by atoms with van der Waals surface area (Å²) in [5, 5.41) is 2.67. The number of nitrogens with one attached hydrogen (secondary N) is 1. The van der Waals surface area contributed by atoms with E-state index in [2.05, 4.69) is 15.0 Å². The van der Waals surface area contributed by atoms with E-state index in [1.165, 1.54) is 20.2 Å². The molecule has 0 unspecified atom stereocenters. The van der Waals surface area contributed by atoms with Crippen molar-refractivity contribution in [3.8, 4) is 11.3 Å². The smallest absolute Gasteiger partial charge is 0.407 e. The molecule has 0 spiro atoms. The van der Waals surface area contributed by atoms with E-state index in [-0.39, 0.29) is 12.5 Å². The second kappa shape index (κ2) is 10.1. The quantitative estimate of drug-likeness (QED) is 0.706. The number of hydrogen-bond donors (Lipinski definition) is 1. The van der Waals surface area contributed by atoms with Gasteiger partial charge in [-0.1, -0.05) is 6.07 Å². The maximum atomic E-state index is 12.2. The number of amides is 2. The van der Waals surface area contributed by atoms with Crippen LogP contribution >= 0.6 is 0 Å². The molecule has 0 aliphatic carbocycles. The largest absolute Gasteiger partial charge is 0.465 e. The van der Waals surface area contributed by atoms with Crippen LogP contribution in [-0.2, 0) is 14.3 Å². The molecule has 8 nitrogen and oxygen atoms in total. The second-order valence-corrected chi connectivity index (χ2v) is 8.02. The Labute approximate surface area is 182 Å². The van der Waals surface area contributed by atoms with Crippen LogP contribution in [-0.4, -0.2) is 48.8 Å². The first-order chi connectivity index (χ1) is 14.5. The number of carbonyl (C=O) groups excluding carboxylic acids is 3. The van der Waals surface area contributed by atoms with Gasteiger partial charge in [0.05, 0.1) is 18.4 Å². The Morgan fingerprint density at radius 3 is 2.35 bits per heavy atom. The van der Waals surface area contributed by atoms with Crippen molar-refractivity contribution in [2.24, 2.45) is 0 Å². The molecule has 2 amide bonds. The molecule has 1 N–H and O–H groups in total. The average Bonchev–Trinajstić information content (AvgIpc) is 2.69. The van der Waals surface area contributed by atoms with Crippen LogP contribution in [0, 0.1) is 6.92 Å². The SMILES string of the molecule is COC(=O)c1ccc(-c2ccc(N(CCNC(=O)OC(C)(C)C)C(C)=O)c(C)c2)nc1. The number of benzene rings is 1. The first kappa shape index (κ1) is 23.9. The fourth-order valence-electron chi connectivity index (χ4n) is 2.95. The van der Waals surface area contributed by atoms with E-state index < -0.39 is 17.7 Å². The summed E-state index contributed by atoms with van der Waals surface area (Å²) in [5.41, 5.74) is 2.97. The zero-order valence-corrected chi connectivity index (χ0v) is 18.8. The van der Waals surface area contributed by atoms with Gasteiger partial charge >= 0.3 is 12.1 Å². The molecule has 0 saturated heterocycles. The van der Waals surface area contributed by atoms with Crippen LogP contribution in [0.5, 0.6) is 0 Å². The number of anilines is 1. The number of aromatic nitrogens is 1. The maximum Gasteiger partial charge on any atom is 0.407 e. The fourth-order valence-corrected chi connectivity index (χ4v) is 2.95. The van der Waals surface area contributed by atoms with Gasteiger partial charge in [0.25, 0.3) is 0 Å². The molecular weight excluding hydrogens is 398 g/mol. The standard InChI is InChI=1S/C23H29N3O5/c1-15-13-17(19-9-7-18(14-25-19)21(28)30-6)8-10-20(15)26(16(2)27)12-11-24-22(29)31-23(3,4)5/h7-10,13-14H,11-12H2,1-6H3,(H,24,29). The number of methoxy groups -OCH3 is 1. The zero-order valence-electron chi connectivity index (χ0n) is 18.8. The number of esters is 1. The summed E-state index contributed by atoms with van der Waals surface area (Å²) in [4.78, 5) is 41.5. The second-order valence-electron chi connectivity index (χ2n) is 8.02. The molecule has 166 valence electrons. The fraction of sp³-hybridized carbons (Fsp3) is 0.391. The molecule has 1 aromatic heterocycles. The monoisotopic (exact) mass is 427 g/mol. The Kier molecular flexibility index (Phi) is 7.74. The molecule has 8 heteroatoms. The van der Waals surface area contributed by atoms with Gasteiger partial charge in [-0.05, 0) is 57.5 Å². The number of hydrogen-bond acceptors (Lipinski definition) is 6. The predicted octanol–water partition coefficient (Wildman–Crippen LogP) is 3.72. The van der Waals surface area contributed by atoms with Crippen molar-refractivity contribution in [1.82, 2.24) is 10.3 Å². The number of ether oxygens (including phenoxy) is 2. The minimum absolute atomic E-state index is 0.137. The molecule has 0 atom stereocenters. The Hall–Kier alpha value is -3.42. The number of rotatable bonds is 6. The summed E-state index contributed by atoms with van der Waals surface area (Å²) in [6.07, 6.45) is 0.943. The molecular formula is C23H29N3O5. The van der Waals surface area contributed by atoms with Crippen LogP contribution in [0.15, 0.2) is 36.5 Å². The first-order valence-electron chi connectivity index (χ1n) is 9.92. The van der Waals surface area contributed by atoms with Crippen molar-refractivity contribution in [3.63, 3.8) is 0 Å². The lowest BCUT2D eigenvalue weighted by molar-refractivity contribution is -0.116. The van der Waals surface area contributed by atoms with E-state index >= 15 is 0 Å². The lowest BCUT2D eigenvalue weighted by atomic mass is 10.0. The van der Waals surface area contributed by atoms with E-state index in [1.807, 2.05) is 25.1 Å². The van der Waals surface area contributed by atoms with Gasteiger partial charge in [0.1, 0.15) is 5.60 Å². The third-order valence-electron chi connectivity index (χ3n) is 4.35. The third-order valence-corrected chi connectivity index (χ3v) is 4.35. The summed E-state index contributed by atoms with van der Waals surface area (Å²) in [6, 6.07) is 9.03. The van der Waals surface area contributed by atoms with Gasteiger partial charge in [-0.3, -0.25) is 9.78 Å². The van der Waals surface area contributed by atoms with Crippen LogP contribution in [0.4, 0.5) is 10.5 Å². The maximum absolute atomic E-state index is 12.2. The van der Waals surface area contributed by atoms with Crippen LogP contribution in [0.2, 0.25) is 0 Å². The van der Waals surface area contributed by atoms with Crippen molar-refractivity contribution in [2.45, 2.75) is 40.2 Å². The van der Waals surface area contributed by atoms with Crippen LogP contribution in [0.1, 0.15) is 43.6 Å². The van der Waals surface area contributed by atoms with Gasteiger partial charge in [0.2, 0.25) is 5.91 Å². The van der Waals surface area contributed by atoms with E-state index in [0.717, 1.165) is 16.8 Å². The zero-order chi connectivity index (χ0) is 23.2. The summed E-state index contributed by atoms with van der Waals surface area (Å²) in [5.74, 6) is -0.579. The highest BCUT2D eigenvalue weighted by Crippen LogP contribution is 2.26. The molecule has 0 radical (unpaired) electrons. The van der Waals surface area contributed by atoms with Crippen molar-refractivity contribution in [2.75, 3.05) is 25.1 Å². The Bertz CT molecular complexity index is 949. The summed E-state index contributed by atoms with van der Waals surface area (Å²) < 4.78 is 9.90. The number of aryl methyl sites for hydroxylation is 1. The van der Waals surface area contributed by atoms with E-state index in [1.54, 1.807) is 37.8 Å². The Balaban J connectivity index is 2.12. The van der Waals surface area contributed by atoms with Crippen molar-refractivity contribution >= 4 is 23.7 Å². The Morgan fingerprint density at radius 1 is 1.13 bits per heavy atom. The van der Waals surface area contributed by atoms with Gasteiger partial charge in [-0.15, -0.1) is 0 Å². The molecule has 0 fully saturated rings. The number of carbonyl (C=O) groups is 3. The normalized spacial score (nSPS) is 10.9. The summed E-state index contributed by atoms with van der Waals surface area (Å²) >= 11 is 0. The van der Waals surface area contributed by atoms with Crippen molar-refractivity contribution in [1.29, 1.82) is 0 Å². The van der Waals surface area contributed by atoms with E-state index in [9.17, 15) is 14.4 Å². The summed E-state index contributed by atoms with van der Waals surface area (Å²) in [6.45, 7) is 9.31. The first-order valence-corrected chi connectivity index (χ1v) is 9.92. The molecule has 1 aromatic carbocycles. The number of pyridine rings is 1. The molecule has 0 aliphatic rings. The molecule has 0 aliphatic heterocycles. The molecule has 31 heavy (non-hydrogen) atoms. The topological polar surface area (TPSA) is 97.8 Å². The lowest BCUT2D eigenvalue weighted by Gasteiger charge is -2.24. The van der Waals surface area contributed by atoms with Crippen LogP contribution in [0.25, 0.3) is 11.3 Å². The van der Waals surface area contributed by atoms with Crippen LogP contribution in [0.3, 0.4) is 0 Å². The third kappa shape index (κ3) is 6.80. The molecule has 2 rings (SSSR count). The van der Waals surface area contributed by atoms with Gasteiger partial charge < -0.3 is 19.7 Å². The van der Waals surface area contributed by atoms with Crippen molar-refractivity contribution in [3.05, 3.63) is 47.7 Å². The Morgan fingerprint density at radius 2 is 1.84 bits per heavy atom. The molecule has 0 saturated carbocycles. The van der Waals surface area contributed by atoms with E-state index in [0.29, 0.717) is 17.8 Å². The van der Waals surface area contributed by atoms with Gasteiger partial charge in [0, 0.05) is 37.5 Å². The molecule has 1 heterocycles. The van der Waals surface area contributed by atoms with Crippen molar-refractivity contribution < 1.29 is 23.9 Å². The van der Waals surface area contributed by atoms with E-state index in [4.69, 9.17) is 4.74 Å². The minimum Gasteiger partial charge on any atom is -0.465 e. The van der Waals surface area contributed by atoms with Gasteiger partial charge in [-0.25, -0.2) is 9.59 Å². The number of alkyl carbamates (subject to hydrolysis) is 1. The van der Waals surface area contributed by atoms with Gasteiger partial charge in [0.15, 0.2) is 0 Å². The highest BCUT2D eigenvalue weighted by atomic mass is 16.6.